The standard InChI is InChI=1S/C23H37NO4Si/c1-23(2)15-20(25)24(17-26-13-14-29(3,4)5)22-18(9-8-10-19(22)23)16-28-21-11-6-7-12-27-21/h8-10,21H,6-7,11-17H2,1-5H3. The van der Waals surface area contributed by atoms with Crippen LogP contribution in [-0.2, 0) is 31.0 Å². The van der Waals surface area contributed by atoms with Crippen LogP contribution in [0.15, 0.2) is 18.2 Å². The van der Waals surface area contributed by atoms with Gasteiger partial charge in [0.2, 0.25) is 5.91 Å². The summed E-state index contributed by atoms with van der Waals surface area (Å²) in [6.07, 6.45) is 3.52. The molecular formula is C23H37NO4Si. The van der Waals surface area contributed by atoms with Crippen molar-refractivity contribution in [3.63, 3.8) is 0 Å². The molecule has 1 aromatic carbocycles. The van der Waals surface area contributed by atoms with E-state index in [1.54, 1.807) is 0 Å². The van der Waals surface area contributed by atoms with Crippen LogP contribution in [0.1, 0.15) is 50.7 Å². The number of nitrogens with zero attached hydrogens (tertiary/aromatic N) is 1. The Morgan fingerprint density at radius 2 is 2.03 bits per heavy atom. The Morgan fingerprint density at radius 3 is 2.72 bits per heavy atom. The number of hydrogen-bond acceptors (Lipinski definition) is 4. The van der Waals surface area contributed by atoms with Crippen molar-refractivity contribution in [3.8, 4) is 0 Å². The first-order chi connectivity index (χ1) is 13.7. The van der Waals surface area contributed by atoms with Gasteiger partial charge < -0.3 is 14.2 Å². The number of benzene rings is 1. The Morgan fingerprint density at radius 1 is 1.24 bits per heavy atom. The number of ether oxygens (including phenoxy) is 3. The monoisotopic (exact) mass is 419 g/mol. The highest BCUT2D eigenvalue weighted by atomic mass is 28.3. The summed E-state index contributed by atoms with van der Waals surface area (Å²) < 4.78 is 17.8. The SMILES string of the molecule is CC1(C)CC(=O)N(COCC[Si](C)(C)C)c2c(COC3CCCCO3)cccc21. The molecule has 2 heterocycles. The van der Waals surface area contributed by atoms with Gasteiger partial charge in [-0.25, -0.2) is 0 Å². The number of carbonyl (C=O) groups is 1. The lowest BCUT2D eigenvalue weighted by Crippen LogP contribution is -2.44. The zero-order valence-electron chi connectivity index (χ0n) is 18.8. The molecule has 0 aromatic heterocycles. The predicted octanol–water partition coefficient (Wildman–Crippen LogP) is 5.06. The summed E-state index contributed by atoms with van der Waals surface area (Å²) in [6.45, 7) is 13.5. The van der Waals surface area contributed by atoms with Gasteiger partial charge in [0.25, 0.3) is 0 Å². The first-order valence-electron chi connectivity index (χ1n) is 10.9. The zero-order valence-corrected chi connectivity index (χ0v) is 19.8. The number of anilines is 1. The molecule has 0 N–H and O–H groups in total. The van der Waals surface area contributed by atoms with Crippen molar-refractivity contribution >= 4 is 19.7 Å². The molecule has 6 heteroatoms. The van der Waals surface area contributed by atoms with Crippen molar-refractivity contribution in [2.24, 2.45) is 0 Å². The van der Waals surface area contributed by atoms with E-state index in [0.717, 1.165) is 43.2 Å². The molecule has 1 fully saturated rings. The fourth-order valence-corrected chi connectivity index (χ4v) is 4.72. The van der Waals surface area contributed by atoms with Crippen molar-refractivity contribution in [3.05, 3.63) is 29.3 Å². The van der Waals surface area contributed by atoms with Gasteiger partial charge in [-0.05, 0) is 30.9 Å². The van der Waals surface area contributed by atoms with E-state index >= 15 is 0 Å². The quantitative estimate of drug-likeness (QED) is 0.437. The molecule has 1 atom stereocenters. The van der Waals surface area contributed by atoms with E-state index in [9.17, 15) is 4.79 Å². The van der Waals surface area contributed by atoms with Crippen LogP contribution in [0.3, 0.4) is 0 Å². The van der Waals surface area contributed by atoms with Crippen LogP contribution in [0.5, 0.6) is 0 Å². The number of para-hydroxylation sites is 1. The predicted molar refractivity (Wildman–Crippen MR) is 119 cm³/mol. The van der Waals surface area contributed by atoms with Crippen LogP contribution < -0.4 is 4.90 Å². The Hall–Kier alpha value is -1.21. The molecule has 5 nitrogen and oxygen atoms in total. The molecule has 162 valence electrons. The Labute approximate surface area is 176 Å². The lowest BCUT2D eigenvalue weighted by Gasteiger charge is -2.40. The molecule has 0 aliphatic carbocycles. The van der Waals surface area contributed by atoms with E-state index in [4.69, 9.17) is 14.2 Å². The largest absolute Gasteiger partial charge is 0.361 e. The molecular weight excluding hydrogens is 382 g/mol. The molecule has 1 saturated heterocycles. The van der Waals surface area contributed by atoms with Crippen molar-refractivity contribution in [2.75, 3.05) is 24.8 Å². The number of carbonyl (C=O) groups excluding carboxylic acids is 1. The molecule has 0 radical (unpaired) electrons. The molecule has 0 saturated carbocycles. The second-order valence-electron chi connectivity index (χ2n) is 10.2. The first kappa shape index (κ1) is 22.5. The first-order valence-corrected chi connectivity index (χ1v) is 14.6. The summed E-state index contributed by atoms with van der Waals surface area (Å²) in [6, 6.07) is 7.36. The summed E-state index contributed by atoms with van der Waals surface area (Å²) in [5, 5.41) is 0. The van der Waals surface area contributed by atoms with E-state index in [1.807, 2.05) is 4.90 Å². The van der Waals surface area contributed by atoms with Crippen LogP contribution in [0, 0.1) is 0 Å². The average Bonchev–Trinajstić information content (AvgIpc) is 2.65. The molecule has 1 amide bonds. The van der Waals surface area contributed by atoms with E-state index in [-0.39, 0.29) is 17.6 Å². The van der Waals surface area contributed by atoms with Crippen molar-refractivity contribution in [1.29, 1.82) is 0 Å². The van der Waals surface area contributed by atoms with Gasteiger partial charge in [-0.15, -0.1) is 0 Å². The summed E-state index contributed by atoms with van der Waals surface area (Å²) in [5.41, 5.74) is 3.00. The second-order valence-corrected chi connectivity index (χ2v) is 15.8. The molecule has 0 bridgehead atoms. The highest BCUT2D eigenvalue weighted by Crippen LogP contribution is 2.42. The van der Waals surface area contributed by atoms with Gasteiger partial charge in [-0.1, -0.05) is 51.7 Å². The third-order valence-electron chi connectivity index (χ3n) is 5.79. The van der Waals surface area contributed by atoms with Crippen LogP contribution in [0.2, 0.25) is 25.7 Å². The number of hydrogen-bond donors (Lipinski definition) is 0. The van der Waals surface area contributed by atoms with E-state index in [0.29, 0.717) is 26.4 Å². The molecule has 0 spiro atoms. The number of rotatable bonds is 8. The molecule has 1 unspecified atom stereocenters. The third kappa shape index (κ3) is 5.91. The number of fused-ring (bicyclic) bond motifs is 1. The highest BCUT2D eigenvalue weighted by Gasteiger charge is 2.38. The van der Waals surface area contributed by atoms with Gasteiger partial charge in [0.15, 0.2) is 6.29 Å². The van der Waals surface area contributed by atoms with Gasteiger partial charge >= 0.3 is 0 Å². The van der Waals surface area contributed by atoms with E-state index in [2.05, 4.69) is 51.7 Å². The normalized spacial score (nSPS) is 21.9. The van der Waals surface area contributed by atoms with Crippen molar-refractivity contribution in [1.82, 2.24) is 0 Å². The maximum absolute atomic E-state index is 13.0. The molecule has 1 aromatic rings. The van der Waals surface area contributed by atoms with E-state index < -0.39 is 8.07 Å². The van der Waals surface area contributed by atoms with Gasteiger partial charge in [0.1, 0.15) is 6.73 Å². The average molecular weight is 420 g/mol. The lowest BCUT2D eigenvalue weighted by molar-refractivity contribution is -0.168. The lowest BCUT2D eigenvalue weighted by atomic mass is 9.76. The highest BCUT2D eigenvalue weighted by molar-refractivity contribution is 6.76. The Kier molecular flexibility index (Phi) is 7.20. The van der Waals surface area contributed by atoms with Gasteiger partial charge in [0, 0.05) is 38.7 Å². The smallest absolute Gasteiger partial charge is 0.229 e. The van der Waals surface area contributed by atoms with E-state index in [1.165, 1.54) is 5.56 Å². The van der Waals surface area contributed by atoms with Gasteiger partial charge in [-0.2, -0.15) is 0 Å². The summed E-state index contributed by atoms with van der Waals surface area (Å²) >= 11 is 0. The maximum Gasteiger partial charge on any atom is 0.229 e. The minimum atomic E-state index is -1.16. The summed E-state index contributed by atoms with van der Waals surface area (Å²) in [7, 11) is -1.16. The van der Waals surface area contributed by atoms with Crippen molar-refractivity contribution < 1.29 is 19.0 Å². The molecule has 29 heavy (non-hydrogen) atoms. The molecule has 2 aliphatic rings. The van der Waals surface area contributed by atoms with Crippen LogP contribution in [0.4, 0.5) is 5.69 Å². The fraction of sp³-hybridized carbons (Fsp3) is 0.696. The maximum atomic E-state index is 13.0. The summed E-state index contributed by atoms with van der Waals surface area (Å²) in [4.78, 5) is 14.8. The van der Waals surface area contributed by atoms with Gasteiger partial charge in [-0.3, -0.25) is 9.69 Å². The fourth-order valence-electron chi connectivity index (χ4n) is 3.96. The van der Waals surface area contributed by atoms with Crippen LogP contribution >= 0.6 is 0 Å². The number of amides is 1. The Bertz CT molecular complexity index is 707. The van der Waals surface area contributed by atoms with Crippen molar-refractivity contribution in [2.45, 2.75) is 83.5 Å². The van der Waals surface area contributed by atoms with Crippen LogP contribution in [-0.4, -0.2) is 40.2 Å². The molecule has 3 rings (SSSR count). The zero-order chi connectivity index (χ0) is 21.1. The third-order valence-corrected chi connectivity index (χ3v) is 7.50. The minimum absolute atomic E-state index is 0.122. The topological polar surface area (TPSA) is 48.0 Å². The molecule has 2 aliphatic heterocycles. The van der Waals surface area contributed by atoms with Gasteiger partial charge in [0.05, 0.1) is 12.3 Å². The van der Waals surface area contributed by atoms with Crippen LogP contribution in [0.25, 0.3) is 0 Å². The minimum Gasteiger partial charge on any atom is -0.361 e. The Balaban J connectivity index is 1.77. The second kappa shape index (κ2) is 9.29. The summed E-state index contributed by atoms with van der Waals surface area (Å²) in [5.74, 6) is 0.122.